The Balaban J connectivity index is 1.93. The third-order valence-corrected chi connectivity index (χ3v) is 4.75. The maximum absolute atomic E-state index is 12.9. The van der Waals surface area contributed by atoms with Gasteiger partial charge in [0.2, 0.25) is 0 Å². The quantitative estimate of drug-likeness (QED) is 0.427. The van der Waals surface area contributed by atoms with E-state index in [1.807, 2.05) is 37.3 Å². The first-order chi connectivity index (χ1) is 13.5. The van der Waals surface area contributed by atoms with Crippen LogP contribution in [-0.4, -0.2) is 22.0 Å². The smallest absolute Gasteiger partial charge is 0.301 e. The highest BCUT2D eigenvalue weighted by atomic mass is 16.5. The highest BCUT2D eigenvalue weighted by Crippen LogP contribution is 2.41. The number of Topliss-reactive ketones (excluding diaryl/α,β-unsaturated/α-hetero) is 1. The fraction of sp³-hybridized carbons (Fsp3) is 0.136. The van der Waals surface area contributed by atoms with Crippen LogP contribution >= 0.6 is 0 Å². The number of aliphatic hydroxyl groups is 1. The number of hydrogen-bond acceptors (Lipinski definition) is 5. The highest BCUT2D eigenvalue weighted by Gasteiger charge is 2.48. The maximum atomic E-state index is 12.9. The van der Waals surface area contributed by atoms with Gasteiger partial charge in [-0.05, 0) is 19.4 Å². The lowest BCUT2D eigenvalue weighted by molar-refractivity contribution is -0.132. The first kappa shape index (κ1) is 17.7. The number of aliphatic hydroxyl groups excluding tert-OH is 1. The van der Waals surface area contributed by atoms with Gasteiger partial charge in [0.25, 0.3) is 5.78 Å². The summed E-state index contributed by atoms with van der Waals surface area (Å²) in [5.41, 5.74) is 2.22. The van der Waals surface area contributed by atoms with E-state index >= 15 is 0 Å². The van der Waals surface area contributed by atoms with Gasteiger partial charge in [0.1, 0.15) is 11.5 Å². The molecular formula is C22H18N2O4. The number of rotatable bonds is 3. The Kier molecular flexibility index (Phi) is 4.31. The van der Waals surface area contributed by atoms with Crippen molar-refractivity contribution in [2.24, 2.45) is 0 Å². The molecule has 1 aromatic heterocycles. The fourth-order valence-electron chi connectivity index (χ4n) is 3.35. The average molecular weight is 374 g/mol. The first-order valence-electron chi connectivity index (χ1n) is 8.83. The van der Waals surface area contributed by atoms with Crippen LogP contribution in [-0.2, 0) is 9.59 Å². The summed E-state index contributed by atoms with van der Waals surface area (Å²) in [5, 5.41) is 14.8. The van der Waals surface area contributed by atoms with Gasteiger partial charge in [-0.1, -0.05) is 65.3 Å². The zero-order chi connectivity index (χ0) is 19.8. The second kappa shape index (κ2) is 6.81. The van der Waals surface area contributed by atoms with Crippen LogP contribution in [0.5, 0.6) is 0 Å². The zero-order valence-corrected chi connectivity index (χ0v) is 15.4. The lowest BCUT2D eigenvalue weighted by Gasteiger charge is -2.22. The average Bonchev–Trinajstić information content (AvgIpc) is 3.24. The normalized spacial score (nSPS) is 18.6. The molecule has 1 aliphatic heterocycles. The van der Waals surface area contributed by atoms with E-state index in [2.05, 4.69) is 5.16 Å². The predicted octanol–water partition coefficient (Wildman–Crippen LogP) is 3.92. The molecule has 0 unspecified atom stereocenters. The van der Waals surface area contributed by atoms with Crippen LogP contribution in [0.15, 0.2) is 70.8 Å². The second-order valence-electron chi connectivity index (χ2n) is 6.74. The molecule has 1 atom stereocenters. The van der Waals surface area contributed by atoms with Crippen molar-refractivity contribution in [2.75, 3.05) is 4.90 Å². The molecule has 0 saturated carbocycles. The van der Waals surface area contributed by atoms with Crippen molar-refractivity contribution < 1.29 is 19.2 Å². The molecule has 28 heavy (non-hydrogen) atoms. The molecule has 1 amide bonds. The minimum absolute atomic E-state index is 0.0284. The van der Waals surface area contributed by atoms with E-state index in [0.29, 0.717) is 16.9 Å². The Morgan fingerprint density at radius 1 is 1.04 bits per heavy atom. The summed E-state index contributed by atoms with van der Waals surface area (Å²) in [6.07, 6.45) is 0. The molecule has 0 bridgehead atoms. The maximum Gasteiger partial charge on any atom is 0.301 e. The number of aryl methyl sites for hydroxylation is 2. The monoisotopic (exact) mass is 374 g/mol. The minimum atomic E-state index is -0.799. The molecule has 0 spiro atoms. The Morgan fingerprint density at radius 2 is 1.71 bits per heavy atom. The second-order valence-corrected chi connectivity index (χ2v) is 6.74. The Hall–Kier alpha value is -3.67. The van der Waals surface area contributed by atoms with Crippen LogP contribution < -0.4 is 4.90 Å². The van der Waals surface area contributed by atoms with Gasteiger partial charge in [-0.2, -0.15) is 0 Å². The summed E-state index contributed by atoms with van der Waals surface area (Å²) in [4.78, 5) is 27.0. The Labute approximate surface area is 161 Å². The van der Waals surface area contributed by atoms with E-state index < -0.39 is 17.7 Å². The largest absolute Gasteiger partial charge is 0.507 e. The van der Waals surface area contributed by atoms with Crippen molar-refractivity contribution in [2.45, 2.75) is 19.9 Å². The summed E-state index contributed by atoms with van der Waals surface area (Å²) in [6.45, 7) is 3.64. The molecule has 0 radical (unpaired) electrons. The van der Waals surface area contributed by atoms with Crippen molar-refractivity contribution >= 4 is 23.3 Å². The van der Waals surface area contributed by atoms with Gasteiger partial charge in [0.15, 0.2) is 5.82 Å². The number of hydrogen-bond donors (Lipinski definition) is 1. The number of nitrogens with zero attached hydrogens (tertiary/aromatic N) is 2. The Bertz CT molecular complexity index is 1080. The third-order valence-electron chi connectivity index (χ3n) is 4.75. The van der Waals surface area contributed by atoms with Crippen LogP contribution in [0.3, 0.4) is 0 Å². The van der Waals surface area contributed by atoms with Gasteiger partial charge in [0, 0.05) is 11.6 Å². The van der Waals surface area contributed by atoms with Gasteiger partial charge in [0.05, 0.1) is 11.6 Å². The van der Waals surface area contributed by atoms with E-state index in [1.54, 1.807) is 37.3 Å². The fourth-order valence-corrected chi connectivity index (χ4v) is 3.35. The lowest BCUT2D eigenvalue weighted by atomic mass is 9.95. The topological polar surface area (TPSA) is 83.6 Å². The Morgan fingerprint density at radius 3 is 2.32 bits per heavy atom. The molecule has 0 aliphatic carbocycles. The molecule has 2 heterocycles. The van der Waals surface area contributed by atoms with Crippen molar-refractivity contribution in [3.05, 3.63) is 88.7 Å². The minimum Gasteiger partial charge on any atom is -0.507 e. The molecule has 140 valence electrons. The summed E-state index contributed by atoms with van der Waals surface area (Å²) in [7, 11) is 0. The van der Waals surface area contributed by atoms with E-state index in [1.165, 1.54) is 4.90 Å². The van der Waals surface area contributed by atoms with Crippen molar-refractivity contribution in [3.63, 3.8) is 0 Å². The van der Waals surface area contributed by atoms with Crippen molar-refractivity contribution in [1.29, 1.82) is 0 Å². The third kappa shape index (κ3) is 2.89. The van der Waals surface area contributed by atoms with Crippen molar-refractivity contribution in [1.82, 2.24) is 5.16 Å². The number of anilines is 1. The van der Waals surface area contributed by atoms with Gasteiger partial charge in [-0.15, -0.1) is 0 Å². The van der Waals surface area contributed by atoms with Crippen LogP contribution in [0, 0.1) is 13.8 Å². The number of carbonyl (C=O) groups is 2. The summed E-state index contributed by atoms with van der Waals surface area (Å²) in [5.74, 6) is -0.975. The molecule has 3 aromatic rings. The molecule has 1 saturated heterocycles. The van der Waals surface area contributed by atoms with Gasteiger partial charge < -0.3 is 9.63 Å². The van der Waals surface area contributed by atoms with E-state index in [0.717, 1.165) is 5.56 Å². The van der Waals surface area contributed by atoms with Crippen LogP contribution in [0.2, 0.25) is 0 Å². The molecule has 1 aliphatic rings. The van der Waals surface area contributed by atoms with E-state index in [9.17, 15) is 14.7 Å². The summed E-state index contributed by atoms with van der Waals surface area (Å²) < 4.78 is 5.10. The molecule has 6 nitrogen and oxygen atoms in total. The summed E-state index contributed by atoms with van der Waals surface area (Å²) in [6, 6.07) is 17.0. The predicted molar refractivity (Wildman–Crippen MR) is 104 cm³/mol. The standard InChI is InChI=1S/C22H18N2O4/c1-13-8-10-16(11-9-13)20(25)18-19(15-6-4-3-5-7-15)24(22(27)21(18)26)17-12-14(2)28-23-17/h3-12,19,25H,1-2H3/t19-/m1/s1. The number of amides is 1. The number of carbonyl (C=O) groups excluding carboxylic acids is 2. The lowest BCUT2D eigenvalue weighted by Crippen LogP contribution is -2.29. The highest BCUT2D eigenvalue weighted by molar-refractivity contribution is 6.51. The van der Waals surface area contributed by atoms with Crippen LogP contribution in [0.25, 0.3) is 5.76 Å². The number of ketones is 1. The van der Waals surface area contributed by atoms with Crippen LogP contribution in [0.1, 0.15) is 28.5 Å². The van der Waals surface area contributed by atoms with Crippen LogP contribution in [0.4, 0.5) is 5.82 Å². The SMILES string of the molecule is Cc1ccc(C(O)=C2C(=O)C(=O)N(c3cc(C)on3)[C@@H]2c2ccccc2)cc1. The van der Waals surface area contributed by atoms with Gasteiger partial charge in [-0.25, -0.2) is 0 Å². The zero-order valence-electron chi connectivity index (χ0n) is 15.4. The first-order valence-corrected chi connectivity index (χ1v) is 8.83. The van der Waals surface area contributed by atoms with E-state index in [-0.39, 0.29) is 17.2 Å². The molecule has 1 N–H and O–H groups in total. The van der Waals surface area contributed by atoms with Gasteiger partial charge >= 0.3 is 5.91 Å². The number of benzene rings is 2. The van der Waals surface area contributed by atoms with Crippen molar-refractivity contribution in [3.8, 4) is 0 Å². The molecule has 6 heteroatoms. The van der Waals surface area contributed by atoms with E-state index in [4.69, 9.17) is 4.52 Å². The molecule has 2 aromatic carbocycles. The molecule has 1 fully saturated rings. The molecular weight excluding hydrogens is 356 g/mol. The number of aromatic nitrogens is 1. The van der Waals surface area contributed by atoms with Gasteiger partial charge in [-0.3, -0.25) is 14.5 Å². The molecule has 4 rings (SSSR count). The summed E-state index contributed by atoms with van der Waals surface area (Å²) >= 11 is 0.